The van der Waals surface area contributed by atoms with Crippen molar-refractivity contribution in [3.63, 3.8) is 0 Å². The third kappa shape index (κ3) is 5.29. The zero-order valence-corrected chi connectivity index (χ0v) is 14.4. The fourth-order valence-electron chi connectivity index (χ4n) is 3.60. The predicted octanol–water partition coefficient (Wildman–Crippen LogP) is 2.87. The zero-order valence-electron chi connectivity index (χ0n) is 14.4. The minimum atomic E-state index is 0.144. The van der Waals surface area contributed by atoms with Gasteiger partial charge in [-0.3, -0.25) is 9.59 Å². The lowest BCUT2D eigenvalue weighted by Crippen LogP contribution is -2.45. The Labute approximate surface area is 134 Å². The van der Waals surface area contributed by atoms with E-state index in [4.69, 9.17) is 0 Å². The molecular formula is C18H32N2O2. The summed E-state index contributed by atoms with van der Waals surface area (Å²) in [6.45, 7) is 7.42. The van der Waals surface area contributed by atoms with Gasteiger partial charge >= 0.3 is 0 Å². The lowest BCUT2D eigenvalue weighted by Gasteiger charge is -2.37. The van der Waals surface area contributed by atoms with Crippen molar-refractivity contribution < 1.29 is 9.59 Å². The second-order valence-corrected chi connectivity index (χ2v) is 7.67. The second-order valence-electron chi connectivity index (χ2n) is 7.67. The van der Waals surface area contributed by atoms with Crippen LogP contribution in [0.25, 0.3) is 0 Å². The van der Waals surface area contributed by atoms with Gasteiger partial charge in [0, 0.05) is 24.9 Å². The molecule has 2 fully saturated rings. The standard InChI is InChI=1S/C18H32N2O2/c1-12(2)15-9-6-13(3)11-16(15)20-17(21)5-4-10-19-18(22)14-7-8-14/h12-16H,4-11H2,1-3H3,(H,19,22)(H,20,21). The van der Waals surface area contributed by atoms with E-state index in [1.165, 1.54) is 12.8 Å². The maximum absolute atomic E-state index is 12.2. The molecule has 2 rings (SSSR count). The summed E-state index contributed by atoms with van der Waals surface area (Å²) < 4.78 is 0. The van der Waals surface area contributed by atoms with Gasteiger partial charge in [-0.2, -0.15) is 0 Å². The van der Waals surface area contributed by atoms with Crippen molar-refractivity contribution in [3.05, 3.63) is 0 Å². The largest absolute Gasteiger partial charge is 0.356 e. The lowest BCUT2D eigenvalue weighted by molar-refractivity contribution is -0.124. The highest BCUT2D eigenvalue weighted by Crippen LogP contribution is 2.33. The van der Waals surface area contributed by atoms with E-state index in [2.05, 4.69) is 31.4 Å². The van der Waals surface area contributed by atoms with Crippen LogP contribution in [-0.2, 0) is 9.59 Å². The van der Waals surface area contributed by atoms with Gasteiger partial charge in [-0.25, -0.2) is 0 Å². The highest BCUT2D eigenvalue weighted by molar-refractivity contribution is 5.81. The third-order valence-electron chi connectivity index (χ3n) is 5.20. The molecule has 2 aliphatic rings. The van der Waals surface area contributed by atoms with E-state index in [1.807, 2.05) is 0 Å². The molecule has 22 heavy (non-hydrogen) atoms. The Morgan fingerprint density at radius 1 is 1.14 bits per heavy atom. The van der Waals surface area contributed by atoms with Gasteiger partial charge in [0.2, 0.25) is 11.8 Å². The summed E-state index contributed by atoms with van der Waals surface area (Å²) in [4.78, 5) is 23.7. The summed E-state index contributed by atoms with van der Waals surface area (Å²) in [6, 6.07) is 0.331. The number of hydrogen-bond donors (Lipinski definition) is 2. The summed E-state index contributed by atoms with van der Waals surface area (Å²) in [5.41, 5.74) is 0. The molecule has 3 atom stereocenters. The summed E-state index contributed by atoms with van der Waals surface area (Å²) >= 11 is 0. The first-order valence-electron chi connectivity index (χ1n) is 9.04. The van der Waals surface area contributed by atoms with Crippen LogP contribution in [0.3, 0.4) is 0 Å². The predicted molar refractivity (Wildman–Crippen MR) is 88.2 cm³/mol. The van der Waals surface area contributed by atoms with Crippen LogP contribution in [0.2, 0.25) is 0 Å². The van der Waals surface area contributed by atoms with Crippen molar-refractivity contribution in [3.8, 4) is 0 Å². The maximum Gasteiger partial charge on any atom is 0.223 e. The Kier molecular flexibility index (Phi) is 6.27. The number of rotatable bonds is 7. The highest BCUT2D eigenvalue weighted by Gasteiger charge is 2.31. The number of nitrogens with one attached hydrogen (secondary N) is 2. The Morgan fingerprint density at radius 3 is 2.50 bits per heavy atom. The average Bonchev–Trinajstić information content (AvgIpc) is 3.27. The first kappa shape index (κ1) is 17.3. The summed E-state index contributed by atoms with van der Waals surface area (Å²) in [5, 5.41) is 6.17. The van der Waals surface area contributed by atoms with E-state index in [9.17, 15) is 9.59 Å². The van der Waals surface area contributed by atoms with Crippen LogP contribution in [0.4, 0.5) is 0 Å². The molecule has 0 saturated heterocycles. The van der Waals surface area contributed by atoms with Gasteiger partial charge in [0.25, 0.3) is 0 Å². The van der Waals surface area contributed by atoms with Crippen LogP contribution in [-0.4, -0.2) is 24.4 Å². The van der Waals surface area contributed by atoms with Gasteiger partial charge in [0.15, 0.2) is 0 Å². The molecule has 4 nitrogen and oxygen atoms in total. The van der Waals surface area contributed by atoms with E-state index in [-0.39, 0.29) is 17.7 Å². The molecule has 4 heteroatoms. The van der Waals surface area contributed by atoms with Crippen molar-refractivity contribution in [2.24, 2.45) is 23.7 Å². The number of carbonyl (C=O) groups is 2. The topological polar surface area (TPSA) is 58.2 Å². The highest BCUT2D eigenvalue weighted by atomic mass is 16.2. The SMILES string of the molecule is CC1CCC(C(C)C)C(NC(=O)CCCNC(=O)C2CC2)C1. The number of hydrogen-bond acceptors (Lipinski definition) is 2. The molecule has 0 radical (unpaired) electrons. The Balaban J connectivity index is 1.66. The Hall–Kier alpha value is -1.06. The fourth-order valence-corrected chi connectivity index (χ4v) is 3.60. The van der Waals surface area contributed by atoms with Gasteiger partial charge in [0.05, 0.1) is 0 Å². The van der Waals surface area contributed by atoms with Crippen molar-refractivity contribution in [2.45, 2.75) is 71.8 Å². The summed E-state index contributed by atoms with van der Waals surface area (Å²) in [6.07, 6.45) is 6.92. The van der Waals surface area contributed by atoms with Gasteiger partial charge in [0.1, 0.15) is 0 Å². The fraction of sp³-hybridized carbons (Fsp3) is 0.889. The monoisotopic (exact) mass is 308 g/mol. The van der Waals surface area contributed by atoms with Crippen LogP contribution in [0.5, 0.6) is 0 Å². The molecule has 2 amide bonds. The van der Waals surface area contributed by atoms with Crippen LogP contribution in [0, 0.1) is 23.7 Å². The van der Waals surface area contributed by atoms with E-state index < -0.39 is 0 Å². The molecule has 0 heterocycles. The van der Waals surface area contributed by atoms with Crippen LogP contribution >= 0.6 is 0 Å². The van der Waals surface area contributed by atoms with Crippen molar-refractivity contribution in [2.75, 3.05) is 6.54 Å². The number of amides is 2. The van der Waals surface area contributed by atoms with Gasteiger partial charge in [-0.15, -0.1) is 0 Å². The minimum Gasteiger partial charge on any atom is -0.356 e. The van der Waals surface area contributed by atoms with Gasteiger partial charge in [-0.1, -0.05) is 27.2 Å². The first-order chi connectivity index (χ1) is 10.5. The molecule has 0 aliphatic heterocycles. The molecule has 3 unspecified atom stereocenters. The average molecular weight is 308 g/mol. The van der Waals surface area contributed by atoms with E-state index in [1.54, 1.807) is 0 Å². The molecule has 0 aromatic carbocycles. The molecule has 0 aromatic rings. The quantitative estimate of drug-likeness (QED) is 0.711. The lowest BCUT2D eigenvalue weighted by atomic mass is 9.74. The zero-order chi connectivity index (χ0) is 16.1. The molecular weight excluding hydrogens is 276 g/mol. The Morgan fingerprint density at radius 2 is 1.86 bits per heavy atom. The van der Waals surface area contributed by atoms with Gasteiger partial charge in [-0.05, 0) is 49.9 Å². The van der Waals surface area contributed by atoms with Gasteiger partial charge < -0.3 is 10.6 Å². The Bertz CT molecular complexity index is 391. The second kappa shape index (κ2) is 7.98. The van der Waals surface area contributed by atoms with E-state index in [0.717, 1.165) is 25.7 Å². The molecule has 0 aromatic heterocycles. The van der Waals surface area contributed by atoms with E-state index in [0.29, 0.717) is 36.8 Å². The molecule has 0 spiro atoms. The third-order valence-corrected chi connectivity index (χ3v) is 5.20. The summed E-state index contributed by atoms with van der Waals surface area (Å²) in [7, 11) is 0. The molecule has 2 saturated carbocycles. The molecule has 126 valence electrons. The van der Waals surface area contributed by atoms with Crippen LogP contribution < -0.4 is 10.6 Å². The number of carbonyl (C=O) groups excluding carboxylic acids is 2. The van der Waals surface area contributed by atoms with Crippen LogP contribution in [0.15, 0.2) is 0 Å². The normalized spacial score (nSPS) is 28.5. The van der Waals surface area contributed by atoms with Crippen molar-refractivity contribution >= 4 is 11.8 Å². The molecule has 2 N–H and O–H groups in total. The van der Waals surface area contributed by atoms with Crippen molar-refractivity contribution in [1.82, 2.24) is 10.6 Å². The smallest absolute Gasteiger partial charge is 0.223 e. The van der Waals surface area contributed by atoms with Crippen LogP contribution in [0.1, 0.15) is 65.7 Å². The summed E-state index contributed by atoms with van der Waals surface area (Å²) in [5.74, 6) is 2.50. The first-order valence-corrected chi connectivity index (χ1v) is 9.04. The maximum atomic E-state index is 12.2. The molecule has 2 aliphatic carbocycles. The minimum absolute atomic E-state index is 0.144. The van der Waals surface area contributed by atoms with E-state index >= 15 is 0 Å². The molecule has 0 bridgehead atoms. The van der Waals surface area contributed by atoms with Crippen molar-refractivity contribution in [1.29, 1.82) is 0 Å².